The van der Waals surface area contributed by atoms with Gasteiger partial charge in [-0.3, -0.25) is 19.9 Å². The van der Waals surface area contributed by atoms with Crippen molar-refractivity contribution in [2.24, 2.45) is 0 Å². The maximum atomic E-state index is 11.8. The molecule has 0 aliphatic rings. The van der Waals surface area contributed by atoms with E-state index in [9.17, 15) is 4.79 Å². The smallest absolute Gasteiger partial charge is 0.224 e. The van der Waals surface area contributed by atoms with Crippen LogP contribution in [-0.4, -0.2) is 41.0 Å². The molecule has 6 heterocycles. The SMILES string of the molecule is CCC(=O)Nc1cncc(-c2cnc3[nH]nc(-c4cc5c(-c6ccncc6)ccnc5[nH]4)c3c2)c1. The van der Waals surface area contributed by atoms with Gasteiger partial charge in [-0.2, -0.15) is 5.10 Å². The van der Waals surface area contributed by atoms with Crippen molar-refractivity contribution in [1.29, 1.82) is 0 Å². The Labute approximate surface area is 199 Å². The highest BCUT2D eigenvalue weighted by molar-refractivity contribution is 6.00. The summed E-state index contributed by atoms with van der Waals surface area (Å²) < 4.78 is 0. The van der Waals surface area contributed by atoms with Gasteiger partial charge in [-0.25, -0.2) is 9.97 Å². The molecule has 0 saturated carbocycles. The Bertz CT molecular complexity index is 1690. The summed E-state index contributed by atoms with van der Waals surface area (Å²) in [4.78, 5) is 32.7. The van der Waals surface area contributed by atoms with Crippen LogP contribution in [0.25, 0.3) is 55.7 Å². The number of H-pyrrole nitrogens is 2. The first kappa shape index (κ1) is 20.7. The van der Waals surface area contributed by atoms with E-state index in [1.54, 1.807) is 37.2 Å². The zero-order valence-corrected chi connectivity index (χ0v) is 18.8. The Hall–Kier alpha value is -4.92. The van der Waals surface area contributed by atoms with Crippen molar-refractivity contribution in [2.45, 2.75) is 13.3 Å². The molecular weight excluding hydrogens is 440 g/mol. The summed E-state index contributed by atoms with van der Waals surface area (Å²) >= 11 is 0. The van der Waals surface area contributed by atoms with Crippen LogP contribution in [0.5, 0.6) is 0 Å². The minimum atomic E-state index is -0.0618. The second kappa shape index (κ2) is 8.45. The second-order valence-electron chi connectivity index (χ2n) is 8.10. The number of hydrogen-bond donors (Lipinski definition) is 3. The van der Waals surface area contributed by atoms with Crippen LogP contribution in [0.4, 0.5) is 5.69 Å². The highest BCUT2D eigenvalue weighted by Crippen LogP contribution is 2.34. The molecule has 0 radical (unpaired) electrons. The number of rotatable bonds is 5. The minimum Gasteiger partial charge on any atom is -0.338 e. The van der Waals surface area contributed by atoms with Crippen molar-refractivity contribution in [3.8, 4) is 33.6 Å². The van der Waals surface area contributed by atoms with Crippen molar-refractivity contribution in [1.82, 2.24) is 35.1 Å². The van der Waals surface area contributed by atoms with Crippen molar-refractivity contribution >= 4 is 33.7 Å². The average molecular weight is 461 g/mol. The summed E-state index contributed by atoms with van der Waals surface area (Å²) in [6.45, 7) is 1.81. The lowest BCUT2D eigenvalue weighted by Crippen LogP contribution is -2.09. The molecule has 6 aromatic heterocycles. The van der Waals surface area contributed by atoms with Gasteiger partial charge in [0.1, 0.15) is 11.3 Å². The highest BCUT2D eigenvalue weighted by atomic mass is 16.1. The summed E-state index contributed by atoms with van der Waals surface area (Å²) in [5.41, 5.74) is 7.52. The molecule has 170 valence electrons. The van der Waals surface area contributed by atoms with Crippen LogP contribution in [0, 0.1) is 0 Å². The Kier molecular flexibility index (Phi) is 4.99. The zero-order valence-electron chi connectivity index (χ0n) is 18.8. The van der Waals surface area contributed by atoms with Gasteiger partial charge in [-0.15, -0.1) is 0 Å². The van der Waals surface area contributed by atoms with E-state index in [-0.39, 0.29) is 5.91 Å². The Balaban J connectivity index is 1.43. The van der Waals surface area contributed by atoms with Gasteiger partial charge in [0.25, 0.3) is 0 Å². The number of aromatic nitrogens is 7. The molecule has 0 unspecified atom stereocenters. The first-order chi connectivity index (χ1) is 17.2. The zero-order chi connectivity index (χ0) is 23.8. The summed E-state index contributed by atoms with van der Waals surface area (Å²) in [6.07, 6.45) is 10.9. The van der Waals surface area contributed by atoms with E-state index in [2.05, 4.69) is 46.5 Å². The number of carbonyl (C=O) groups is 1. The molecular formula is C26H20N8O. The van der Waals surface area contributed by atoms with E-state index in [1.165, 1.54) is 0 Å². The van der Waals surface area contributed by atoms with Crippen LogP contribution in [0.15, 0.2) is 73.6 Å². The van der Waals surface area contributed by atoms with Gasteiger partial charge < -0.3 is 10.3 Å². The Morgan fingerprint density at radius 3 is 2.57 bits per heavy atom. The summed E-state index contributed by atoms with van der Waals surface area (Å²) in [5, 5.41) is 12.3. The fraction of sp³-hybridized carbons (Fsp3) is 0.0769. The lowest BCUT2D eigenvalue weighted by Gasteiger charge is -2.06. The van der Waals surface area contributed by atoms with Crippen LogP contribution in [0.1, 0.15) is 13.3 Å². The van der Waals surface area contributed by atoms with Crippen LogP contribution in [-0.2, 0) is 4.79 Å². The third-order valence-electron chi connectivity index (χ3n) is 5.87. The maximum Gasteiger partial charge on any atom is 0.224 e. The Morgan fingerprint density at radius 1 is 0.857 bits per heavy atom. The Morgan fingerprint density at radius 2 is 1.71 bits per heavy atom. The monoisotopic (exact) mass is 460 g/mol. The van der Waals surface area contributed by atoms with Gasteiger partial charge in [-0.1, -0.05) is 6.92 Å². The van der Waals surface area contributed by atoms with Gasteiger partial charge in [0.15, 0.2) is 5.65 Å². The topological polar surface area (TPSA) is 125 Å². The quantitative estimate of drug-likeness (QED) is 0.333. The number of nitrogens with zero attached hydrogens (tertiary/aromatic N) is 5. The molecule has 6 rings (SSSR count). The first-order valence-corrected chi connectivity index (χ1v) is 11.2. The summed E-state index contributed by atoms with van der Waals surface area (Å²) in [5.74, 6) is -0.0618. The van der Waals surface area contributed by atoms with Crippen molar-refractivity contribution in [3.05, 3.63) is 73.6 Å². The molecule has 0 spiro atoms. The fourth-order valence-corrected chi connectivity index (χ4v) is 4.12. The van der Waals surface area contributed by atoms with Gasteiger partial charge in [0, 0.05) is 59.3 Å². The van der Waals surface area contributed by atoms with Gasteiger partial charge in [0.2, 0.25) is 5.91 Å². The molecule has 9 heteroatoms. The first-order valence-electron chi connectivity index (χ1n) is 11.2. The minimum absolute atomic E-state index is 0.0618. The molecule has 0 atom stereocenters. The lowest BCUT2D eigenvalue weighted by molar-refractivity contribution is -0.115. The highest BCUT2D eigenvalue weighted by Gasteiger charge is 2.16. The van der Waals surface area contributed by atoms with Gasteiger partial charge in [0.05, 0.1) is 17.6 Å². The molecule has 6 aromatic rings. The number of nitrogens with one attached hydrogen (secondary N) is 3. The number of anilines is 1. The van der Waals surface area contributed by atoms with E-state index in [1.807, 2.05) is 37.3 Å². The molecule has 0 saturated heterocycles. The third kappa shape index (κ3) is 3.78. The van der Waals surface area contributed by atoms with E-state index < -0.39 is 0 Å². The predicted molar refractivity (Wildman–Crippen MR) is 134 cm³/mol. The van der Waals surface area contributed by atoms with Crippen molar-refractivity contribution < 1.29 is 4.79 Å². The van der Waals surface area contributed by atoms with Crippen molar-refractivity contribution in [2.75, 3.05) is 5.32 Å². The molecule has 35 heavy (non-hydrogen) atoms. The standard InChI is InChI=1S/C26H20N8O/c1-2-23(35)31-18-9-16(12-28-14-18)17-10-21-24(33-34-26(21)30-13-17)22-11-20-19(5-8-29-25(20)32-22)15-3-6-27-7-4-15/h3-14H,2H2,1H3,(H,29,32)(H,31,35)(H,30,33,34). The van der Waals surface area contributed by atoms with Gasteiger partial charge in [-0.05, 0) is 47.5 Å². The van der Waals surface area contributed by atoms with E-state index in [4.69, 9.17) is 0 Å². The largest absolute Gasteiger partial charge is 0.338 e. The molecule has 0 bridgehead atoms. The normalized spacial score (nSPS) is 11.2. The van der Waals surface area contributed by atoms with E-state index in [0.717, 1.165) is 50.1 Å². The molecule has 0 fully saturated rings. The van der Waals surface area contributed by atoms with Crippen LogP contribution >= 0.6 is 0 Å². The maximum absolute atomic E-state index is 11.8. The average Bonchev–Trinajstić information content (AvgIpc) is 3.53. The molecule has 3 N–H and O–H groups in total. The number of hydrogen-bond acceptors (Lipinski definition) is 6. The van der Waals surface area contributed by atoms with Crippen LogP contribution in [0.2, 0.25) is 0 Å². The summed E-state index contributed by atoms with van der Waals surface area (Å²) in [7, 11) is 0. The number of pyridine rings is 4. The van der Waals surface area contributed by atoms with Crippen LogP contribution in [0.3, 0.4) is 0 Å². The molecule has 0 aromatic carbocycles. The van der Waals surface area contributed by atoms with Crippen molar-refractivity contribution in [3.63, 3.8) is 0 Å². The molecule has 0 aliphatic carbocycles. The van der Waals surface area contributed by atoms with E-state index in [0.29, 0.717) is 17.8 Å². The lowest BCUT2D eigenvalue weighted by atomic mass is 10.0. The molecule has 1 amide bonds. The second-order valence-corrected chi connectivity index (χ2v) is 8.10. The number of aromatic amines is 2. The summed E-state index contributed by atoms with van der Waals surface area (Å²) in [6, 6.07) is 11.9. The van der Waals surface area contributed by atoms with E-state index >= 15 is 0 Å². The number of fused-ring (bicyclic) bond motifs is 2. The van der Waals surface area contributed by atoms with Crippen LogP contribution < -0.4 is 5.32 Å². The van der Waals surface area contributed by atoms with Gasteiger partial charge >= 0.3 is 0 Å². The molecule has 0 aliphatic heterocycles. The third-order valence-corrected chi connectivity index (χ3v) is 5.87. The number of amides is 1. The predicted octanol–water partition coefficient (Wildman–Crippen LogP) is 4.97. The fourth-order valence-electron chi connectivity index (χ4n) is 4.12. The molecule has 9 nitrogen and oxygen atoms in total. The number of carbonyl (C=O) groups excluding carboxylic acids is 1.